The minimum atomic E-state index is -0.687. The number of nitrogens with zero attached hydrogens (tertiary/aromatic N) is 1. The number of nitrogens with one attached hydrogen (secondary N) is 1. The molecule has 2 N–H and O–H groups in total. The molecule has 1 aliphatic carbocycles. The summed E-state index contributed by atoms with van der Waals surface area (Å²) in [6.45, 7) is 7.77. The van der Waals surface area contributed by atoms with Crippen molar-refractivity contribution in [1.29, 1.82) is 0 Å². The predicted molar refractivity (Wildman–Crippen MR) is 109 cm³/mol. The number of aliphatic hydroxyl groups is 1. The van der Waals surface area contributed by atoms with Crippen LogP contribution in [-0.4, -0.2) is 59.4 Å². The molecule has 1 aromatic carbocycles. The number of aliphatic hydroxyl groups excluding tert-OH is 1. The van der Waals surface area contributed by atoms with Gasteiger partial charge in [-0.15, -0.1) is 0 Å². The molecule has 1 saturated carbocycles. The molecule has 5 heteroatoms. The highest BCUT2D eigenvalue weighted by Crippen LogP contribution is 2.49. The quantitative estimate of drug-likeness (QED) is 0.817. The first-order valence-electron chi connectivity index (χ1n) is 10.9. The zero-order chi connectivity index (χ0) is 19.8. The fourth-order valence-corrected chi connectivity index (χ4v) is 5.19. The first-order valence-corrected chi connectivity index (χ1v) is 10.9. The molecular weight excluding hydrogens is 352 g/mol. The van der Waals surface area contributed by atoms with Gasteiger partial charge in [-0.2, -0.15) is 0 Å². The van der Waals surface area contributed by atoms with Gasteiger partial charge in [0, 0.05) is 19.7 Å². The smallest absolute Gasteiger partial charge is 0.231 e. The predicted octanol–water partition coefficient (Wildman–Crippen LogP) is 2.62. The van der Waals surface area contributed by atoms with E-state index in [4.69, 9.17) is 4.74 Å². The average molecular weight is 387 g/mol. The lowest BCUT2D eigenvalue weighted by atomic mass is 9.72. The van der Waals surface area contributed by atoms with Crippen molar-refractivity contribution in [2.75, 3.05) is 26.2 Å². The zero-order valence-corrected chi connectivity index (χ0v) is 17.2. The third-order valence-corrected chi connectivity index (χ3v) is 7.27. The number of carbonyl (C=O) groups excluding carboxylic acids is 1. The van der Waals surface area contributed by atoms with Gasteiger partial charge >= 0.3 is 0 Å². The summed E-state index contributed by atoms with van der Waals surface area (Å²) < 4.78 is 6.18. The van der Waals surface area contributed by atoms with Crippen molar-refractivity contribution in [3.8, 4) is 0 Å². The van der Waals surface area contributed by atoms with Crippen molar-refractivity contribution >= 4 is 5.91 Å². The summed E-state index contributed by atoms with van der Waals surface area (Å²) in [5.41, 5.74) is -0.513. The van der Waals surface area contributed by atoms with Crippen molar-refractivity contribution in [3.63, 3.8) is 0 Å². The van der Waals surface area contributed by atoms with Gasteiger partial charge in [0.2, 0.25) is 5.91 Å². The molecule has 1 aromatic rings. The summed E-state index contributed by atoms with van der Waals surface area (Å²) in [5.74, 6) is 0.0562. The first-order chi connectivity index (χ1) is 13.4. The van der Waals surface area contributed by atoms with Crippen molar-refractivity contribution in [1.82, 2.24) is 10.2 Å². The molecule has 3 aliphatic rings. The maximum Gasteiger partial charge on any atom is 0.231 e. The number of hydrogen-bond donors (Lipinski definition) is 2. The minimum absolute atomic E-state index is 0.0562. The SMILES string of the molecule is CCCN1CCC2(CC1)OCC[C@](C)(NC(=O)C1(c3ccccc3)CC1)[C@H]2O. The summed E-state index contributed by atoms with van der Waals surface area (Å²) in [7, 11) is 0. The Morgan fingerprint density at radius 2 is 1.86 bits per heavy atom. The fourth-order valence-electron chi connectivity index (χ4n) is 5.19. The van der Waals surface area contributed by atoms with E-state index in [9.17, 15) is 9.90 Å². The van der Waals surface area contributed by atoms with Crippen molar-refractivity contribution < 1.29 is 14.6 Å². The van der Waals surface area contributed by atoms with Gasteiger partial charge < -0.3 is 20.1 Å². The maximum atomic E-state index is 13.3. The minimum Gasteiger partial charge on any atom is -0.388 e. The van der Waals surface area contributed by atoms with Crippen LogP contribution in [0.15, 0.2) is 30.3 Å². The monoisotopic (exact) mass is 386 g/mol. The van der Waals surface area contributed by atoms with E-state index in [0.717, 1.165) is 57.3 Å². The number of rotatable bonds is 5. The summed E-state index contributed by atoms with van der Waals surface area (Å²) in [4.78, 5) is 15.7. The molecule has 0 radical (unpaired) electrons. The lowest BCUT2D eigenvalue weighted by molar-refractivity contribution is -0.208. The van der Waals surface area contributed by atoms with Gasteiger partial charge in [-0.05, 0) is 57.6 Å². The summed E-state index contributed by atoms with van der Waals surface area (Å²) in [5, 5.41) is 14.6. The van der Waals surface area contributed by atoms with E-state index in [1.54, 1.807) is 0 Å². The average Bonchev–Trinajstić information content (AvgIpc) is 3.51. The Morgan fingerprint density at radius 1 is 1.18 bits per heavy atom. The Bertz CT molecular complexity index is 695. The van der Waals surface area contributed by atoms with E-state index >= 15 is 0 Å². The van der Waals surface area contributed by atoms with Crippen LogP contribution < -0.4 is 5.32 Å². The number of piperidine rings is 1. The third-order valence-electron chi connectivity index (χ3n) is 7.27. The lowest BCUT2D eigenvalue weighted by Gasteiger charge is -2.53. The van der Waals surface area contributed by atoms with E-state index in [-0.39, 0.29) is 5.91 Å². The van der Waals surface area contributed by atoms with Crippen molar-refractivity contribution in [2.45, 2.75) is 75.0 Å². The normalized spacial score (nSPS) is 31.5. The van der Waals surface area contributed by atoms with Crippen LogP contribution in [0.1, 0.15) is 57.9 Å². The van der Waals surface area contributed by atoms with Crippen LogP contribution in [0.2, 0.25) is 0 Å². The van der Waals surface area contributed by atoms with E-state index < -0.39 is 22.7 Å². The Kier molecular flexibility index (Phi) is 5.27. The molecule has 28 heavy (non-hydrogen) atoms. The summed E-state index contributed by atoms with van der Waals surface area (Å²) >= 11 is 0. The molecule has 3 fully saturated rings. The number of carbonyl (C=O) groups is 1. The molecule has 4 rings (SSSR count). The maximum absolute atomic E-state index is 13.3. The largest absolute Gasteiger partial charge is 0.388 e. The van der Waals surface area contributed by atoms with Gasteiger partial charge in [-0.1, -0.05) is 37.3 Å². The van der Waals surface area contributed by atoms with Crippen LogP contribution >= 0.6 is 0 Å². The summed E-state index contributed by atoms with van der Waals surface area (Å²) in [6.07, 6.45) is 4.50. The fraction of sp³-hybridized carbons (Fsp3) is 0.696. The second kappa shape index (κ2) is 7.43. The Labute approximate surface area is 168 Å². The Morgan fingerprint density at radius 3 is 2.46 bits per heavy atom. The molecule has 5 nitrogen and oxygen atoms in total. The van der Waals surface area contributed by atoms with Gasteiger partial charge in [-0.25, -0.2) is 0 Å². The van der Waals surface area contributed by atoms with Crippen LogP contribution in [0.3, 0.4) is 0 Å². The standard InChI is InChI=1S/C23H34N2O3/c1-3-14-25-15-11-23(12-16-25)19(26)21(2,13-17-28-23)24-20(27)22(9-10-22)18-7-5-4-6-8-18/h4-8,19,26H,3,9-17H2,1-2H3,(H,24,27)/t19-,21+/m1/s1. The number of ether oxygens (including phenoxy) is 1. The molecule has 0 bridgehead atoms. The molecule has 2 saturated heterocycles. The summed E-state index contributed by atoms with van der Waals surface area (Å²) in [6, 6.07) is 10.1. The topological polar surface area (TPSA) is 61.8 Å². The van der Waals surface area contributed by atoms with Crippen molar-refractivity contribution in [2.24, 2.45) is 0 Å². The second-order valence-corrected chi connectivity index (χ2v) is 9.23. The Hall–Kier alpha value is -1.43. The molecule has 0 unspecified atom stereocenters. The van der Waals surface area contributed by atoms with Crippen LogP contribution in [-0.2, 0) is 14.9 Å². The molecular formula is C23H34N2O3. The highest BCUT2D eigenvalue weighted by atomic mass is 16.5. The van der Waals surface area contributed by atoms with Crippen LogP contribution in [0.5, 0.6) is 0 Å². The molecule has 2 atom stereocenters. The number of benzene rings is 1. The lowest BCUT2D eigenvalue weighted by Crippen LogP contribution is -2.70. The molecule has 154 valence electrons. The number of amides is 1. The third kappa shape index (κ3) is 3.38. The van der Waals surface area contributed by atoms with Gasteiger partial charge in [-0.3, -0.25) is 4.79 Å². The Balaban J connectivity index is 1.48. The molecule has 1 amide bonds. The van der Waals surface area contributed by atoms with E-state index in [2.05, 4.69) is 17.1 Å². The van der Waals surface area contributed by atoms with Crippen LogP contribution in [0, 0.1) is 0 Å². The van der Waals surface area contributed by atoms with E-state index in [0.29, 0.717) is 13.0 Å². The van der Waals surface area contributed by atoms with Gasteiger partial charge in [0.25, 0.3) is 0 Å². The highest BCUT2D eigenvalue weighted by molar-refractivity contribution is 5.91. The molecule has 0 aromatic heterocycles. The molecule has 1 spiro atoms. The van der Waals surface area contributed by atoms with Crippen molar-refractivity contribution in [3.05, 3.63) is 35.9 Å². The van der Waals surface area contributed by atoms with Gasteiger partial charge in [0.05, 0.1) is 16.6 Å². The molecule has 2 heterocycles. The zero-order valence-electron chi connectivity index (χ0n) is 17.2. The van der Waals surface area contributed by atoms with E-state index in [1.165, 1.54) is 0 Å². The molecule has 2 aliphatic heterocycles. The van der Waals surface area contributed by atoms with Gasteiger partial charge in [0.1, 0.15) is 6.10 Å². The number of hydrogen-bond acceptors (Lipinski definition) is 4. The van der Waals surface area contributed by atoms with Gasteiger partial charge in [0.15, 0.2) is 0 Å². The van der Waals surface area contributed by atoms with Crippen LogP contribution in [0.25, 0.3) is 0 Å². The number of likely N-dealkylation sites (tertiary alicyclic amines) is 1. The second-order valence-electron chi connectivity index (χ2n) is 9.23. The highest BCUT2D eigenvalue weighted by Gasteiger charge is 2.57. The van der Waals surface area contributed by atoms with E-state index in [1.807, 2.05) is 37.3 Å². The van der Waals surface area contributed by atoms with Crippen LogP contribution in [0.4, 0.5) is 0 Å². The first kappa shape index (κ1) is 19.9.